The summed E-state index contributed by atoms with van der Waals surface area (Å²) >= 11 is 0. The van der Waals surface area contributed by atoms with Crippen molar-refractivity contribution in [3.05, 3.63) is 16.8 Å². The molecule has 42 valence electrons. The molecule has 1 rings (SSSR count). The molecule has 1 heterocycles. The molecule has 0 aliphatic rings. The summed E-state index contributed by atoms with van der Waals surface area (Å²) in [4.78, 5) is 1.75. The van der Waals surface area contributed by atoms with E-state index in [2.05, 4.69) is 20.6 Å². The zero-order chi connectivity index (χ0) is 6.24. The highest BCUT2D eigenvalue weighted by atomic mass is 15.5. The number of hydrogen-bond donors (Lipinski definition) is 2. The molecule has 7 nitrogen and oxygen atoms in total. The number of tetrazole rings is 1. The summed E-state index contributed by atoms with van der Waals surface area (Å²) in [7, 11) is 0. The van der Waals surface area contributed by atoms with Gasteiger partial charge in [0.1, 0.15) is 6.33 Å². The van der Waals surface area contributed by atoms with Crippen molar-refractivity contribution in [3.63, 3.8) is 0 Å². The molecule has 0 radical (unpaired) electrons. The third-order valence-corrected chi connectivity index (χ3v) is 0.270. The minimum absolute atomic E-state index is 1.40. The second-order valence-electron chi connectivity index (χ2n) is 0.663. The van der Waals surface area contributed by atoms with Crippen LogP contribution in [0.4, 0.5) is 0 Å². The van der Waals surface area contributed by atoms with Crippen LogP contribution in [-0.4, -0.2) is 20.6 Å². The lowest BCUT2D eigenvalue weighted by molar-refractivity contribution is 0.881. The fraction of sp³-hybridized carbons (Fsp3) is 0. The largest absolute Gasteiger partial charge is 0.246 e. The normalized spacial score (nSPS) is 6.00. The molecule has 0 saturated heterocycles. The Morgan fingerprint density at radius 1 is 1.75 bits per heavy atom. The topological polar surface area (TPSA) is 115 Å². The smallest absolute Gasteiger partial charge is 0.135 e. The maximum absolute atomic E-state index is 6.86. The Hall–Kier alpha value is -1.62. The first-order valence-electron chi connectivity index (χ1n) is 1.59. The molecule has 0 aliphatic carbocycles. The minimum atomic E-state index is 1.40. The van der Waals surface area contributed by atoms with Gasteiger partial charge in [0.15, 0.2) is 0 Å². The SMILES string of the molecule is [N-]=[N+]=N.c1nnn[nH]1. The number of nitrogens with zero attached hydrogens (tertiary/aromatic N) is 5. The molecule has 0 aromatic carbocycles. The molecule has 8 heavy (non-hydrogen) atoms. The van der Waals surface area contributed by atoms with E-state index in [1.54, 1.807) is 4.91 Å². The quantitative estimate of drug-likeness (QED) is 0.282. The standard InChI is InChI=1S/CH2N4.HN3/c1-2-4-5-3-1;1-3-2/h1H,(H,2,3,4,5);1H. The second kappa shape index (κ2) is 5.38. The van der Waals surface area contributed by atoms with Crippen molar-refractivity contribution in [3.8, 4) is 0 Å². The Kier molecular flexibility index (Phi) is 4.29. The Morgan fingerprint density at radius 2 is 2.38 bits per heavy atom. The van der Waals surface area contributed by atoms with Gasteiger partial charge in [-0.3, -0.25) is 0 Å². The lowest BCUT2D eigenvalue weighted by atomic mass is 11.4. The minimum Gasteiger partial charge on any atom is -0.246 e. The molecule has 1 aromatic heterocycles. The molecule has 0 saturated carbocycles. The predicted octanol–water partition coefficient (Wildman–Crippen LogP) is 0.0752. The first kappa shape index (κ1) is 6.38. The van der Waals surface area contributed by atoms with Crippen molar-refractivity contribution >= 4 is 0 Å². The molecule has 0 fully saturated rings. The van der Waals surface area contributed by atoms with Gasteiger partial charge in [-0.05, 0) is 20.9 Å². The van der Waals surface area contributed by atoms with Crippen LogP contribution in [0, 0.1) is 5.53 Å². The van der Waals surface area contributed by atoms with Gasteiger partial charge < -0.3 is 0 Å². The maximum atomic E-state index is 6.86. The predicted molar refractivity (Wildman–Crippen MR) is 23.6 cm³/mol. The highest BCUT2D eigenvalue weighted by Crippen LogP contribution is 1.43. The summed E-state index contributed by atoms with van der Waals surface area (Å²) in [6.07, 6.45) is 1.40. The van der Waals surface area contributed by atoms with E-state index in [0.717, 1.165) is 0 Å². The molecule has 0 atom stereocenters. The fourth-order valence-corrected chi connectivity index (χ4v) is 0.129. The van der Waals surface area contributed by atoms with Crippen LogP contribution in [-0.2, 0) is 0 Å². The summed E-state index contributed by atoms with van der Waals surface area (Å²) in [5, 5.41) is 12.1. The van der Waals surface area contributed by atoms with E-state index in [0.29, 0.717) is 0 Å². The van der Waals surface area contributed by atoms with Gasteiger partial charge in [-0.25, -0.2) is 5.10 Å². The van der Waals surface area contributed by atoms with Gasteiger partial charge in [-0.1, -0.05) is 0 Å². The Balaban J connectivity index is 0.000000145. The van der Waals surface area contributed by atoms with Gasteiger partial charge in [-0.2, -0.15) is 0 Å². The van der Waals surface area contributed by atoms with E-state index in [4.69, 9.17) is 11.1 Å². The van der Waals surface area contributed by atoms with E-state index in [9.17, 15) is 0 Å². The van der Waals surface area contributed by atoms with Gasteiger partial charge in [0.25, 0.3) is 0 Å². The van der Waals surface area contributed by atoms with E-state index >= 15 is 0 Å². The molecule has 0 spiro atoms. The van der Waals surface area contributed by atoms with Crippen molar-refractivity contribution in [2.45, 2.75) is 0 Å². The van der Waals surface area contributed by atoms with Crippen LogP contribution in [0.5, 0.6) is 0 Å². The second-order valence-corrected chi connectivity index (χ2v) is 0.663. The molecule has 2 N–H and O–H groups in total. The van der Waals surface area contributed by atoms with Crippen LogP contribution < -0.4 is 0 Å². The van der Waals surface area contributed by atoms with Gasteiger partial charge in [0.2, 0.25) is 0 Å². The lowest BCUT2D eigenvalue weighted by Crippen LogP contribution is -1.64. The van der Waals surface area contributed by atoms with Crippen LogP contribution in [0.2, 0.25) is 0 Å². The molecule has 0 amide bonds. The van der Waals surface area contributed by atoms with E-state index in [1.807, 2.05) is 0 Å². The molecule has 0 bridgehead atoms. The number of rotatable bonds is 0. The van der Waals surface area contributed by atoms with E-state index in [1.165, 1.54) is 6.33 Å². The monoisotopic (exact) mass is 113 g/mol. The summed E-state index contributed by atoms with van der Waals surface area (Å²) in [5.41, 5.74) is 12.2. The first-order chi connectivity index (χ1) is 3.91. The van der Waals surface area contributed by atoms with Gasteiger partial charge in [-0.15, -0.1) is 10.6 Å². The maximum Gasteiger partial charge on any atom is 0.135 e. The van der Waals surface area contributed by atoms with Gasteiger partial charge >= 0.3 is 0 Å². The third-order valence-electron chi connectivity index (χ3n) is 0.270. The molecule has 0 aliphatic heterocycles. The highest BCUT2D eigenvalue weighted by Gasteiger charge is 1.58. The number of nitrogens with one attached hydrogen (secondary N) is 2. The van der Waals surface area contributed by atoms with Crippen LogP contribution >= 0.6 is 0 Å². The summed E-state index contributed by atoms with van der Waals surface area (Å²) in [5.74, 6) is 0. The number of aromatic amines is 1. The molecular formula is CH3N7. The van der Waals surface area contributed by atoms with Crippen LogP contribution in [0.1, 0.15) is 0 Å². The highest BCUT2D eigenvalue weighted by molar-refractivity contribution is 4.24. The average Bonchev–Trinajstić information content (AvgIpc) is 2.17. The number of H-pyrrole nitrogens is 1. The lowest BCUT2D eigenvalue weighted by Gasteiger charge is -1.42. The summed E-state index contributed by atoms with van der Waals surface area (Å²) < 4.78 is 0. The van der Waals surface area contributed by atoms with Crippen molar-refractivity contribution < 1.29 is 0 Å². The zero-order valence-corrected chi connectivity index (χ0v) is 3.81. The van der Waals surface area contributed by atoms with Gasteiger partial charge in [0, 0.05) is 0 Å². The molecule has 1 aromatic rings. The van der Waals surface area contributed by atoms with E-state index in [-0.39, 0.29) is 0 Å². The van der Waals surface area contributed by atoms with Crippen molar-refractivity contribution in [2.24, 2.45) is 0 Å². The van der Waals surface area contributed by atoms with Crippen LogP contribution in [0.25, 0.3) is 10.4 Å². The van der Waals surface area contributed by atoms with Crippen molar-refractivity contribution in [2.75, 3.05) is 0 Å². The van der Waals surface area contributed by atoms with Gasteiger partial charge in [0.05, 0.1) is 0 Å². The Bertz CT molecular complexity index is 116. The number of hydrogen-bond acceptors (Lipinski definition) is 4. The molecular weight excluding hydrogens is 110 g/mol. The molecule has 0 unspecified atom stereocenters. The van der Waals surface area contributed by atoms with Crippen LogP contribution in [0.15, 0.2) is 6.33 Å². The third kappa shape index (κ3) is 4.38. The fourth-order valence-electron chi connectivity index (χ4n) is 0.129. The summed E-state index contributed by atoms with van der Waals surface area (Å²) in [6, 6.07) is 0. The Morgan fingerprint density at radius 3 is 2.50 bits per heavy atom. The van der Waals surface area contributed by atoms with E-state index < -0.39 is 0 Å². The van der Waals surface area contributed by atoms with Crippen molar-refractivity contribution in [1.82, 2.24) is 20.6 Å². The van der Waals surface area contributed by atoms with Crippen LogP contribution in [0.3, 0.4) is 0 Å². The average molecular weight is 113 g/mol. The number of aromatic nitrogens is 4. The van der Waals surface area contributed by atoms with Crippen molar-refractivity contribution in [1.29, 1.82) is 5.53 Å². The zero-order valence-electron chi connectivity index (χ0n) is 3.81. The summed E-state index contributed by atoms with van der Waals surface area (Å²) in [6.45, 7) is 0. The Labute approximate surface area is 44.1 Å². The molecule has 7 heteroatoms. The first-order valence-corrected chi connectivity index (χ1v) is 1.59.